The Bertz CT molecular complexity index is 502. The van der Waals surface area contributed by atoms with Gasteiger partial charge in [-0.2, -0.15) is 0 Å². The number of hydrogen-bond acceptors (Lipinski definition) is 4. The van der Waals surface area contributed by atoms with E-state index in [4.69, 9.17) is 0 Å². The van der Waals surface area contributed by atoms with E-state index < -0.39 is 10.0 Å². The number of rotatable bonds is 6. The van der Waals surface area contributed by atoms with Gasteiger partial charge in [0.2, 0.25) is 10.0 Å². The van der Waals surface area contributed by atoms with Crippen molar-refractivity contribution in [2.75, 3.05) is 27.2 Å². The van der Waals surface area contributed by atoms with Crippen molar-refractivity contribution >= 4 is 28.3 Å². The van der Waals surface area contributed by atoms with Crippen LogP contribution in [0, 0.1) is 0 Å². The van der Waals surface area contributed by atoms with Crippen molar-refractivity contribution in [1.29, 1.82) is 0 Å². The Morgan fingerprint density at radius 2 is 1.68 bits per heavy atom. The zero-order valence-electron chi connectivity index (χ0n) is 10.8. The first-order valence-corrected chi connectivity index (χ1v) is 6.96. The van der Waals surface area contributed by atoms with E-state index in [0.717, 1.165) is 0 Å². The summed E-state index contributed by atoms with van der Waals surface area (Å²) in [5, 5.41) is 5.31. The lowest BCUT2D eigenvalue weighted by Crippen LogP contribution is -2.30. The fraction of sp³-hybridized carbons (Fsp3) is 0.364. The molecule has 0 radical (unpaired) electrons. The maximum absolute atomic E-state index is 11.8. The summed E-state index contributed by atoms with van der Waals surface area (Å²) in [5.41, 5.74) is 0.423. The largest absolute Gasteiger partial charge is 0.355 e. The molecular formula is C11H18ClN3O3S. The van der Waals surface area contributed by atoms with Gasteiger partial charge >= 0.3 is 0 Å². The molecular weight excluding hydrogens is 290 g/mol. The third kappa shape index (κ3) is 5.15. The monoisotopic (exact) mass is 307 g/mol. The Balaban J connectivity index is 0.00000324. The molecule has 0 saturated heterocycles. The van der Waals surface area contributed by atoms with E-state index in [0.29, 0.717) is 18.7 Å². The SMILES string of the molecule is CNCCNS(=O)(=O)c1ccc(C(=O)NC)cc1.Cl. The van der Waals surface area contributed by atoms with Crippen LogP contribution >= 0.6 is 12.4 Å². The van der Waals surface area contributed by atoms with Crippen LogP contribution in [0.4, 0.5) is 0 Å². The molecule has 0 unspecified atom stereocenters. The molecule has 8 heteroatoms. The van der Waals surface area contributed by atoms with Crippen LogP contribution < -0.4 is 15.4 Å². The van der Waals surface area contributed by atoms with Crippen LogP contribution in [0.1, 0.15) is 10.4 Å². The average Bonchev–Trinajstić information content (AvgIpc) is 2.38. The molecule has 108 valence electrons. The summed E-state index contributed by atoms with van der Waals surface area (Å²) in [7, 11) is -0.241. The zero-order valence-corrected chi connectivity index (χ0v) is 12.4. The van der Waals surface area contributed by atoms with E-state index in [9.17, 15) is 13.2 Å². The van der Waals surface area contributed by atoms with E-state index in [1.54, 1.807) is 7.05 Å². The molecule has 6 nitrogen and oxygen atoms in total. The van der Waals surface area contributed by atoms with Gasteiger partial charge in [-0.05, 0) is 31.3 Å². The molecule has 0 aromatic heterocycles. The molecule has 1 rings (SSSR count). The van der Waals surface area contributed by atoms with Gasteiger partial charge in [0, 0.05) is 25.7 Å². The Morgan fingerprint density at radius 3 is 2.16 bits per heavy atom. The number of halogens is 1. The van der Waals surface area contributed by atoms with Gasteiger partial charge in [0.25, 0.3) is 5.91 Å². The Morgan fingerprint density at radius 1 is 1.11 bits per heavy atom. The molecule has 1 aromatic rings. The standard InChI is InChI=1S/C11H17N3O3S.ClH/c1-12-7-8-14-18(16,17)10-5-3-9(4-6-10)11(15)13-2;/h3-6,12,14H,7-8H2,1-2H3,(H,13,15);1H. The summed E-state index contributed by atoms with van der Waals surface area (Å²) in [6.45, 7) is 0.867. The summed E-state index contributed by atoms with van der Waals surface area (Å²) >= 11 is 0. The summed E-state index contributed by atoms with van der Waals surface area (Å²) in [6.07, 6.45) is 0. The maximum atomic E-state index is 11.8. The van der Waals surface area contributed by atoms with Gasteiger partial charge < -0.3 is 10.6 Å². The first-order chi connectivity index (χ1) is 8.51. The van der Waals surface area contributed by atoms with Crippen molar-refractivity contribution in [1.82, 2.24) is 15.4 Å². The number of amides is 1. The first kappa shape index (κ1) is 17.8. The molecule has 0 saturated carbocycles. The number of carbonyl (C=O) groups is 1. The number of benzene rings is 1. The number of likely N-dealkylation sites (N-methyl/N-ethyl adjacent to an activating group) is 1. The Kier molecular flexibility index (Phi) is 7.62. The second-order valence-corrected chi connectivity index (χ2v) is 5.37. The predicted octanol–water partition coefficient (Wildman–Crippen LogP) is -0.0343. The molecule has 0 bridgehead atoms. The van der Waals surface area contributed by atoms with Crippen LogP contribution in [-0.2, 0) is 10.0 Å². The third-order valence-corrected chi connectivity index (χ3v) is 3.80. The van der Waals surface area contributed by atoms with Crippen molar-refractivity contribution in [3.8, 4) is 0 Å². The number of sulfonamides is 1. The molecule has 0 fully saturated rings. The van der Waals surface area contributed by atoms with Crippen LogP contribution in [0.2, 0.25) is 0 Å². The van der Waals surface area contributed by atoms with Crippen molar-refractivity contribution in [3.63, 3.8) is 0 Å². The van der Waals surface area contributed by atoms with E-state index >= 15 is 0 Å². The molecule has 0 aliphatic heterocycles. The fourth-order valence-electron chi connectivity index (χ4n) is 1.32. The first-order valence-electron chi connectivity index (χ1n) is 5.47. The highest BCUT2D eigenvalue weighted by Gasteiger charge is 2.13. The lowest BCUT2D eigenvalue weighted by molar-refractivity contribution is 0.0963. The lowest BCUT2D eigenvalue weighted by atomic mass is 10.2. The van der Waals surface area contributed by atoms with Gasteiger partial charge in [0.05, 0.1) is 4.90 Å². The van der Waals surface area contributed by atoms with E-state index in [-0.39, 0.29) is 23.2 Å². The molecule has 3 N–H and O–H groups in total. The molecule has 0 aliphatic rings. The topological polar surface area (TPSA) is 87.3 Å². The Labute approximate surface area is 119 Å². The number of hydrogen-bond donors (Lipinski definition) is 3. The summed E-state index contributed by atoms with van der Waals surface area (Å²) in [4.78, 5) is 11.4. The molecule has 0 spiro atoms. The van der Waals surface area contributed by atoms with E-state index in [2.05, 4.69) is 15.4 Å². The van der Waals surface area contributed by atoms with Crippen LogP contribution in [0.5, 0.6) is 0 Å². The van der Waals surface area contributed by atoms with Gasteiger partial charge in [0.15, 0.2) is 0 Å². The summed E-state index contributed by atoms with van der Waals surface area (Å²) in [5.74, 6) is -0.248. The fourth-order valence-corrected chi connectivity index (χ4v) is 2.36. The smallest absolute Gasteiger partial charge is 0.251 e. The Hall–Kier alpha value is -1.15. The minimum Gasteiger partial charge on any atom is -0.355 e. The number of carbonyl (C=O) groups excluding carboxylic acids is 1. The van der Waals surface area contributed by atoms with Gasteiger partial charge in [-0.1, -0.05) is 0 Å². The second-order valence-electron chi connectivity index (χ2n) is 3.60. The highest BCUT2D eigenvalue weighted by molar-refractivity contribution is 7.89. The third-order valence-electron chi connectivity index (χ3n) is 2.32. The molecule has 19 heavy (non-hydrogen) atoms. The lowest BCUT2D eigenvalue weighted by Gasteiger charge is -2.07. The second kappa shape index (κ2) is 8.11. The van der Waals surface area contributed by atoms with Crippen molar-refractivity contribution in [3.05, 3.63) is 29.8 Å². The molecule has 1 aromatic carbocycles. The zero-order chi connectivity index (χ0) is 13.6. The average molecular weight is 308 g/mol. The predicted molar refractivity (Wildman–Crippen MR) is 76.2 cm³/mol. The van der Waals surface area contributed by atoms with Gasteiger partial charge in [-0.25, -0.2) is 13.1 Å². The van der Waals surface area contributed by atoms with Crippen LogP contribution in [-0.4, -0.2) is 41.5 Å². The quantitative estimate of drug-likeness (QED) is 0.644. The van der Waals surface area contributed by atoms with Crippen LogP contribution in [0.25, 0.3) is 0 Å². The minimum absolute atomic E-state index is 0. The van der Waals surface area contributed by atoms with Crippen LogP contribution in [0.3, 0.4) is 0 Å². The molecule has 0 atom stereocenters. The highest BCUT2D eigenvalue weighted by atomic mass is 35.5. The minimum atomic E-state index is -3.50. The van der Waals surface area contributed by atoms with Crippen LogP contribution in [0.15, 0.2) is 29.2 Å². The van der Waals surface area contributed by atoms with Gasteiger partial charge in [-0.15, -0.1) is 12.4 Å². The molecule has 0 heterocycles. The molecule has 0 aliphatic carbocycles. The molecule has 1 amide bonds. The van der Waals surface area contributed by atoms with E-state index in [1.165, 1.54) is 31.3 Å². The van der Waals surface area contributed by atoms with Gasteiger partial charge in [-0.3, -0.25) is 4.79 Å². The summed E-state index contributed by atoms with van der Waals surface area (Å²) in [6, 6.07) is 5.77. The van der Waals surface area contributed by atoms with Crippen molar-refractivity contribution < 1.29 is 13.2 Å². The highest BCUT2D eigenvalue weighted by Crippen LogP contribution is 2.10. The van der Waals surface area contributed by atoms with E-state index in [1.807, 2.05) is 0 Å². The van der Waals surface area contributed by atoms with Gasteiger partial charge in [0.1, 0.15) is 0 Å². The van der Waals surface area contributed by atoms with Crippen molar-refractivity contribution in [2.45, 2.75) is 4.90 Å². The summed E-state index contributed by atoms with van der Waals surface area (Å²) < 4.78 is 26.1. The normalized spacial score (nSPS) is 10.6. The number of nitrogens with one attached hydrogen (secondary N) is 3. The van der Waals surface area contributed by atoms with Crippen molar-refractivity contribution in [2.24, 2.45) is 0 Å². The maximum Gasteiger partial charge on any atom is 0.251 e.